The van der Waals surface area contributed by atoms with Gasteiger partial charge >= 0.3 is 0 Å². The normalized spacial score (nSPS) is 21.6. The van der Waals surface area contributed by atoms with Gasteiger partial charge in [0.25, 0.3) is 0 Å². The Morgan fingerprint density at radius 3 is 2.95 bits per heavy atom. The summed E-state index contributed by atoms with van der Waals surface area (Å²) >= 11 is 4.18. The van der Waals surface area contributed by atoms with E-state index in [1.54, 1.807) is 11.3 Å². The van der Waals surface area contributed by atoms with Crippen molar-refractivity contribution in [3.8, 4) is 0 Å². The van der Waals surface area contributed by atoms with Gasteiger partial charge in [-0.3, -0.25) is 4.99 Å². The van der Waals surface area contributed by atoms with Crippen LogP contribution in [0.4, 0.5) is 0 Å². The van der Waals surface area contributed by atoms with Gasteiger partial charge in [0, 0.05) is 16.1 Å². The van der Waals surface area contributed by atoms with E-state index in [0.29, 0.717) is 11.8 Å². The molecule has 0 radical (unpaired) electrons. The van der Waals surface area contributed by atoms with E-state index in [2.05, 4.69) is 84.3 Å². The summed E-state index contributed by atoms with van der Waals surface area (Å²) < 4.78 is 1.07. The van der Waals surface area contributed by atoms with Crippen LogP contribution in [0.3, 0.4) is 0 Å². The van der Waals surface area contributed by atoms with E-state index in [9.17, 15) is 0 Å². The minimum Gasteiger partial charge on any atom is -0.252 e. The highest BCUT2D eigenvalue weighted by atomic mass is 127. The van der Waals surface area contributed by atoms with Gasteiger partial charge in [-0.05, 0) is 23.4 Å². The Balaban J connectivity index is 2.35. The van der Waals surface area contributed by atoms with Crippen LogP contribution in [0.2, 0.25) is 0 Å². The molecule has 1 aromatic heterocycles. The Morgan fingerprint density at radius 1 is 1.47 bits per heavy atom. The predicted octanol–water partition coefficient (Wildman–Crippen LogP) is 5.36. The maximum atomic E-state index is 4.92. The molecule has 100 valence electrons. The summed E-state index contributed by atoms with van der Waals surface area (Å²) in [7, 11) is 0. The van der Waals surface area contributed by atoms with E-state index in [-0.39, 0.29) is 0 Å². The van der Waals surface area contributed by atoms with Crippen LogP contribution in [0.15, 0.2) is 52.9 Å². The molecule has 1 aliphatic carbocycles. The van der Waals surface area contributed by atoms with Gasteiger partial charge in [0.15, 0.2) is 0 Å². The van der Waals surface area contributed by atoms with Crippen molar-refractivity contribution >= 4 is 45.3 Å². The summed E-state index contributed by atoms with van der Waals surface area (Å²) in [6.07, 6.45) is 10.8. The van der Waals surface area contributed by atoms with Crippen LogP contribution in [0.5, 0.6) is 0 Å². The first kappa shape index (κ1) is 14.7. The second-order valence-corrected chi connectivity index (χ2v) is 6.64. The topological polar surface area (TPSA) is 12.4 Å². The molecule has 1 heterocycles. The van der Waals surface area contributed by atoms with Crippen molar-refractivity contribution in [2.45, 2.75) is 13.8 Å². The maximum Gasteiger partial charge on any atom is 0.0768 e. The summed E-state index contributed by atoms with van der Waals surface area (Å²) in [4.78, 5) is 6.16. The fraction of sp³-hybridized carbons (Fsp3) is 0.312. The monoisotopic (exact) mass is 383 g/mol. The molecule has 19 heavy (non-hydrogen) atoms. The highest BCUT2D eigenvalue weighted by Crippen LogP contribution is 2.25. The number of hydrogen-bond donors (Lipinski definition) is 0. The molecule has 0 amide bonds. The molecule has 0 fully saturated rings. The minimum atomic E-state index is 0.432. The number of aliphatic imine (C=N–C) groups is 1. The third-order valence-corrected chi connectivity index (χ3v) is 4.62. The molecule has 0 saturated heterocycles. The third-order valence-electron chi connectivity index (χ3n) is 2.78. The van der Waals surface area contributed by atoms with Gasteiger partial charge in [-0.25, -0.2) is 0 Å². The summed E-state index contributed by atoms with van der Waals surface area (Å²) in [6, 6.07) is 4.23. The van der Waals surface area contributed by atoms with Crippen molar-refractivity contribution in [3.05, 3.63) is 52.8 Å². The number of halogens is 1. The summed E-state index contributed by atoms with van der Waals surface area (Å²) in [5, 5.41) is 2.11. The first-order valence-electron chi connectivity index (χ1n) is 6.46. The number of allylic oxidation sites excluding steroid dienone is 5. The lowest BCUT2D eigenvalue weighted by Gasteiger charge is -2.14. The van der Waals surface area contributed by atoms with Gasteiger partial charge in [0.05, 0.1) is 10.6 Å². The van der Waals surface area contributed by atoms with Crippen LogP contribution >= 0.6 is 33.9 Å². The zero-order valence-electron chi connectivity index (χ0n) is 11.2. The van der Waals surface area contributed by atoms with Crippen molar-refractivity contribution in [1.82, 2.24) is 0 Å². The van der Waals surface area contributed by atoms with Gasteiger partial charge in [-0.2, -0.15) is 0 Å². The molecule has 0 N–H and O–H groups in total. The molecule has 3 heteroatoms. The SMILES string of the molecule is CC(C)/C=C(\N=C1\C=CC=CC1CI)c1cccs1. The van der Waals surface area contributed by atoms with Gasteiger partial charge in [-0.15, -0.1) is 11.3 Å². The molecule has 1 aliphatic rings. The van der Waals surface area contributed by atoms with Gasteiger partial charge in [-0.1, -0.05) is 66.8 Å². The van der Waals surface area contributed by atoms with E-state index in [1.165, 1.54) is 4.88 Å². The molecule has 0 aromatic carbocycles. The van der Waals surface area contributed by atoms with E-state index in [0.717, 1.165) is 15.8 Å². The second-order valence-electron chi connectivity index (χ2n) is 4.81. The number of nitrogens with zero attached hydrogens (tertiary/aromatic N) is 1. The number of thiophene rings is 1. The van der Waals surface area contributed by atoms with Crippen LogP contribution in [-0.4, -0.2) is 10.1 Å². The molecular weight excluding hydrogens is 365 g/mol. The molecule has 0 bridgehead atoms. The number of alkyl halides is 1. The minimum absolute atomic E-state index is 0.432. The van der Waals surface area contributed by atoms with Gasteiger partial charge in [0.2, 0.25) is 0 Å². The highest BCUT2D eigenvalue weighted by molar-refractivity contribution is 14.1. The zero-order chi connectivity index (χ0) is 13.7. The lowest BCUT2D eigenvalue weighted by Crippen LogP contribution is -2.13. The first-order chi connectivity index (χ1) is 9.20. The van der Waals surface area contributed by atoms with Crippen molar-refractivity contribution in [3.63, 3.8) is 0 Å². The molecule has 1 unspecified atom stereocenters. The van der Waals surface area contributed by atoms with Crippen LogP contribution in [0.1, 0.15) is 18.7 Å². The Morgan fingerprint density at radius 2 is 2.32 bits per heavy atom. The Hall–Kier alpha value is -0.680. The Labute approximate surface area is 133 Å². The average molecular weight is 383 g/mol. The molecule has 0 aliphatic heterocycles. The van der Waals surface area contributed by atoms with Crippen LogP contribution in [-0.2, 0) is 0 Å². The summed E-state index contributed by atoms with van der Waals surface area (Å²) in [6.45, 7) is 4.39. The second kappa shape index (κ2) is 7.20. The highest BCUT2D eigenvalue weighted by Gasteiger charge is 2.13. The summed E-state index contributed by atoms with van der Waals surface area (Å²) in [5.41, 5.74) is 2.27. The van der Waals surface area contributed by atoms with Crippen molar-refractivity contribution in [2.24, 2.45) is 16.8 Å². The van der Waals surface area contributed by atoms with Gasteiger partial charge in [0.1, 0.15) is 0 Å². The molecule has 1 aromatic rings. The number of rotatable bonds is 4. The molecule has 1 atom stereocenters. The van der Waals surface area contributed by atoms with Crippen LogP contribution in [0.25, 0.3) is 5.70 Å². The van der Waals surface area contributed by atoms with Crippen molar-refractivity contribution < 1.29 is 0 Å². The fourth-order valence-electron chi connectivity index (χ4n) is 1.88. The zero-order valence-corrected chi connectivity index (χ0v) is 14.2. The molecule has 1 nitrogen and oxygen atoms in total. The standard InChI is InChI=1S/C16H18INS/c1-12(2)10-15(16-8-5-9-19-16)18-14-7-4-3-6-13(14)11-17/h3-10,12-13H,11H2,1-2H3/b15-10-,18-14-. The smallest absolute Gasteiger partial charge is 0.0768 e. The summed E-state index contributed by atoms with van der Waals surface area (Å²) in [5.74, 6) is 0.934. The molecule has 0 spiro atoms. The van der Waals surface area contributed by atoms with Crippen LogP contribution < -0.4 is 0 Å². The maximum absolute atomic E-state index is 4.92. The molecular formula is C16H18INS. The lowest BCUT2D eigenvalue weighted by atomic mass is 10.0. The first-order valence-corrected chi connectivity index (χ1v) is 8.86. The largest absolute Gasteiger partial charge is 0.252 e. The van der Waals surface area contributed by atoms with E-state index in [1.807, 2.05) is 0 Å². The van der Waals surface area contributed by atoms with Crippen molar-refractivity contribution in [1.29, 1.82) is 0 Å². The predicted molar refractivity (Wildman–Crippen MR) is 95.2 cm³/mol. The third kappa shape index (κ3) is 4.14. The quantitative estimate of drug-likeness (QED) is 0.490. The fourth-order valence-corrected chi connectivity index (χ4v) is 3.32. The van der Waals surface area contributed by atoms with Gasteiger partial charge < -0.3 is 0 Å². The number of hydrogen-bond acceptors (Lipinski definition) is 2. The van der Waals surface area contributed by atoms with Crippen molar-refractivity contribution in [2.75, 3.05) is 4.43 Å². The van der Waals surface area contributed by atoms with Crippen LogP contribution in [0, 0.1) is 11.8 Å². The van der Waals surface area contributed by atoms with E-state index < -0.39 is 0 Å². The molecule has 0 saturated carbocycles. The van der Waals surface area contributed by atoms with E-state index in [4.69, 9.17) is 4.99 Å². The lowest BCUT2D eigenvalue weighted by molar-refractivity contribution is 0.832. The average Bonchev–Trinajstić information content (AvgIpc) is 2.92. The Bertz CT molecular complexity index is 521. The van der Waals surface area contributed by atoms with E-state index >= 15 is 0 Å². The molecule has 2 rings (SSSR count). The Kier molecular flexibility index (Phi) is 5.58.